The van der Waals surface area contributed by atoms with Crippen LogP contribution in [0.5, 0.6) is 11.5 Å². The fraction of sp³-hybridized carbons (Fsp3) is 0.533. The molecule has 4 saturated carbocycles. The third-order valence-corrected chi connectivity index (χ3v) is 9.67. The summed E-state index contributed by atoms with van der Waals surface area (Å²) in [6, 6.07) is 13.0. The molecule has 0 atom stereocenters. The van der Waals surface area contributed by atoms with E-state index in [9.17, 15) is 0 Å². The molecule has 4 nitrogen and oxygen atoms in total. The summed E-state index contributed by atoms with van der Waals surface area (Å²) in [5.74, 6) is 1.31. The van der Waals surface area contributed by atoms with Gasteiger partial charge < -0.3 is 9.47 Å². The van der Waals surface area contributed by atoms with E-state index in [0.29, 0.717) is 22.3 Å². The van der Waals surface area contributed by atoms with Crippen molar-refractivity contribution in [1.29, 1.82) is 10.5 Å². The normalized spacial score (nSPS) is 33.2. The first-order chi connectivity index (χ1) is 16.3. The van der Waals surface area contributed by atoms with Crippen LogP contribution in [0.4, 0.5) is 0 Å². The molecule has 4 aliphatic rings. The first-order valence-electron chi connectivity index (χ1n) is 12.6. The number of hydrogen-bond acceptors (Lipinski definition) is 4. The Kier molecular flexibility index (Phi) is 5.21. The Morgan fingerprint density at radius 3 is 1.41 bits per heavy atom. The van der Waals surface area contributed by atoms with E-state index in [2.05, 4.69) is 52.0 Å². The van der Waals surface area contributed by atoms with Gasteiger partial charge in [-0.15, -0.1) is 10.5 Å². The molecule has 34 heavy (non-hydrogen) atoms. The predicted octanol–water partition coefficient (Wildman–Crippen LogP) is 7.37. The minimum Gasteiger partial charge on any atom is -0.388 e. The highest BCUT2D eigenvalue weighted by Gasteiger charge is 2.67. The van der Waals surface area contributed by atoms with Crippen molar-refractivity contribution in [2.75, 3.05) is 0 Å². The number of benzene rings is 2. The van der Waals surface area contributed by atoms with E-state index in [4.69, 9.17) is 20.0 Å². The second-order valence-electron chi connectivity index (χ2n) is 11.7. The molecule has 0 unspecified atom stereocenters. The Balaban J connectivity index is 1.66. The van der Waals surface area contributed by atoms with Gasteiger partial charge in [0.15, 0.2) is 0 Å². The number of ether oxygens (including phenoxy) is 2. The molecule has 2 aromatic rings. The van der Waals surface area contributed by atoms with Gasteiger partial charge in [-0.1, -0.05) is 51.0 Å². The van der Waals surface area contributed by atoms with Crippen LogP contribution >= 0.6 is 0 Å². The Morgan fingerprint density at radius 2 is 1.09 bits per heavy atom. The molecule has 0 saturated heterocycles. The van der Waals surface area contributed by atoms with Gasteiger partial charge in [-0.25, -0.2) is 0 Å². The van der Waals surface area contributed by atoms with Crippen molar-refractivity contribution in [3.8, 4) is 24.0 Å². The van der Waals surface area contributed by atoms with Gasteiger partial charge in [-0.3, -0.25) is 0 Å². The van der Waals surface area contributed by atoms with Crippen molar-refractivity contribution >= 4 is 0 Å². The monoisotopic (exact) mass is 454 g/mol. The summed E-state index contributed by atoms with van der Waals surface area (Å²) in [7, 11) is 0. The molecule has 0 radical (unpaired) electrons. The van der Waals surface area contributed by atoms with Gasteiger partial charge in [0, 0.05) is 0 Å². The number of nitriles is 2. The largest absolute Gasteiger partial charge is 0.388 e. The summed E-state index contributed by atoms with van der Waals surface area (Å²) in [6.07, 6.45) is 13.5. The average molecular weight is 455 g/mol. The topological polar surface area (TPSA) is 66.0 Å². The van der Waals surface area contributed by atoms with Crippen LogP contribution in [-0.4, -0.2) is 0 Å². The minimum absolute atomic E-state index is 0.131. The Bertz CT molecular complexity index is 1110. The van der Waals surface area contributed by atoms with Crippen LogP contribution < -0.4 is 9.47 Å². The zero-order chi connectivity index (χ0) is 24.2. The van der Waals surface area contributed by atoms with Crippen molar-refractivity contribution in [3.63, 3.8) is 0 Å². The lowest BCUT2D eigenvalue weighted by atomic mass is 9.33. The Labute approximate surface area is 203 Å². The molecule has 0 aliphatic heterocycles. The van der Waals surface area contributed by atoms with Crippen LogP contribution in [0.25, 0.3) is 0 Å². The first kappa shape index (κ1) is 22.8. The van der Waals surface area contributed by atoms with E-state index in [1.165, 1.54) is 56.1 Å². The van der Waals surface area contributed by atoms with Crippen molar-refractivity contribution in [2.24, 2.45) is 10.8 Å². The van der Waals surface area contributed by atoms with E-state index >= 15 is 0 Å². The molecule has 4 fully saturated rings. The van der Waals surface area contributed by atoms with Crippen LogP contribution in [-0.2, 0) is 10.8 Å². The number of nitrogens with zero attached hydrogens (tertiary/aromatic N) is 2. The van der Waals surface area contributed by atoms with Gasteiger partial charge in [0.1, 0.15) is 11.5 Å². The molecule has 4 heteroatoms. The molecule has 4 bridgehead atoms. The summed E-state index contributed by atoms with van der Waals surface area (Å²) < 4.78 is 10.4. The zero-order valence-electron chi connectivity index (χ0n) is 20.8. The molecule has 6 rings (SSSR count). The molecular weight excluding hydrogens is 420 g/mol. The van der Waals surface area contributed by atoms with Gasteiger partial charge in [0.05, 0.1) is 0 Å². The summed E-state index contributed by atoms with van der Waals surface area (Å²) in [6.45, 7) is 8.88. The minimum atomic E-state index is 0.131. The smallest absolute Gasteiger partial charge is 0.292 e. The summed E-state index contributed by atoms with van der Waals surface area (Å²) in [5.41, 5.74) is 5.85. The van der Waals surface area contributed by atoms with E-state index in [1.54, 1.807) is 0 Å². The van der Waals surface area contributed by atoms with E-state index in [1.807, 2.05) is 24.6 Å². The van der Waals surface area contributed by atoms with Gasteiger partial charge in [0.25, 0.3) is 12.5 Å². The molecule has 2 aromatic carbocycles. The SMILES string of the molecule is CCC12CC3(CC)CC(c4ccc(OC#N)c(C)c4)(C1)CC(c1ccc(OC#N)c(C)c1)(C2)C3. The van der Waals surface area contributed by atoms with E-state index in [-0.39, 0.29) is 10.8 Å². The van der Waals surface area contributed by atoms with Gasteiger partial charge >= 0.3 is 0 Å². The lowest BCUT2D eigenvalue weighted by Gasteiger charge is -2.71. The van der Waals surface area contributed by atoms with Crippen molar-refractivity contribution < 1.29 is 9.47 Å². The van der Waals surface area contributed by atoms with Crippen LogP contribution in [0, 0.1) is 47.7 Å². The fourth-order valence-corrected chi connectivity index (χ4v) is 8.71. The highest BCUT2D eigenvalue weighted by atomic mass is 16.5. The maximum absolute atomic E-state index is 9.01. The van der Waals surface area contributed by atoms with Gasteiger partial charge in [-0.05, 0) is 108 Å². The summed E-state index contributed by atoms with van der Waals surface area (Å²) >= 11 is 0. The molecule has 0 spiro atoms. The van der Waals surface area contributed by atoms with E-state index < -0.39 is 0 Å². The highest BCUT2D eigenvalue weighted by Crippen LogP contribution is 2.75. The van der Waals surface area contributed by atoms with Crippen molar-refractivity contribution in [1.82, 2.24) is 0 Å². The quantitative estimate of drug-likeness (QED) is 0.427. The molecule has 0 aromatic heterocycles. The highest BCUT2D eigenvalue weighted by molar-refractivity contribution is 5.47. The lowest BCUT2D eigenvalue weighted by Crippen LogP contribution is -2.64. The average Bonchev–Trinajstić information content (AvgIpc) is 2.81. The molecule has 0 amide bonds. The molecule has 0 N–H and O–H groups in total. The number of hydrogen-bond donors (Lipinski definition) is 0. The fourth-order valence-electron chi connectivity index (χ4n) is 8.71. The van der Waals surface area contributed by atoms with Crippen LogP contribution in [0.15, 0.2) is 36.4 Å². The number of aryl methyl sites for hydroxylation is 2. The van der Waals surface area contributed by atoms with Gasteiger partial charge in [-0.2, -0.15) is 0 Å². The maximum Gasteiger partial charge on any atom is 0.292 e. The number of rotatable bonds is 6. The van der Waals surface area contributed by atoms with Crippen molar-refractivity contribution in [3.05, 3.63) is 58.7 Å². The van der Waals surface area contributed by atoms with Crippen LogP contribution in [0.3, 0.4) is 0 Å². The van der Waals surface area contributed by atoms with Crippen molar-refractivity contribution in [2.45, 2.75) is 89.9 Å². The second kappa shape index (κ2) is 7.78. The standard InChI is InChI=1S/C30H34N2O2/c1-5-27-13-28(6-2)16-29(14-27,23-7-9-25(33-19-31)21(3)11-23)18-30(15-27,17-28)24-8-10-26(34-20-32)22(4)12-24/h7-12H,5-6,13-18H2,1-4H3. The predicted molar refractivity (Wildman–Crippen MR) is 131 cm³/mol. The second-order valence-corrected chi connectivity index (χ2v) is 11.7. The van der Waals surface area contributed by atoms with Gasteiger partial charge in [0.2, 0.25) is 0 Å². The summed E-state index contributed by atoms with van der Waals surface area (Å²) in [5, 5.41) is 18.0. The van der Waals surface area contributed by atoms with Crippen LogP contribution in [0.2, 0.25) is 0 Å². The maximum atomic E-state index is 9.01. The molecular formula is C30H34N2O2. The Morgan fingerprint density at radius 1 is 0.676 bits per heavy atom. The lowest BCUT2D eigenvalue weighted by molar-refractivity contribution is -0.145. The molecule has 0 heterocycles. The third kappa shape index (κ3) is 3.31. The first-order valence-corrected chi connectivity index (χ1v) is 12.6. The summed E-state index contributed by atoms with van der Waals surface area (Å²) in [4.78, 5) is 0. The Hall–Kier alpha value is -2.98. The van der Waals surface area contributed by atoms with Crippen LogP contribution in [0.1, 0.15) is 87.5 Å². The molecule has 4 aliphatic carbocycles. The molecule has 176 valence electrons. The third-order valence-electron chi connectivity index (χ3n) is 9.67. The zero-order valence-corrected chi connectivity index (χ0v) is 20.8. The van der Waals surface area contributed by atoms with E-state index in [0.717, 1.165) is 17.5 Å².